The maximum absolute atomic E-state index is 8.80. The molecule has 0 fully saturated rings. The first-order valence-electron chi connectivity index (χ1n) is 4.13. The second-order valence-corrected chi connectivity index (χ2v) is 3.27. The summed E-state index contributed by atoms with van der Waals surface area (Å²) in [5.74, 6) is 0.783. The van der Waals surface area contributed by atoms with Crippen LogP contribution in [0.1, 0.15) is 11.1 Å². The number of aliphatic hydroxyl groups is 1. The zero-order valence-electron chi connectivity index (χ0n) is 7.80. The van der Waals surface area contributed by atoms with Gasteiger partial charge in [-0.3, -0.25) is 0 Å². The minimum atomic E-state index is 0.103. The molecule has 0 radical (unpaired) electrons. The molecule has 0 aliphatic rings. The van der Waals surface area contributed by atoms with Crippen LogP contribution in [0, 0.1) is 6.92 Å². The van der Waals surface area contributed by atoms with Crippen molar-refractivity contribution in [3.63, 3.8) is 0 Å². The highest BCUT2D eigenvalue weighted by molar-refractivity contribution is 6.32. The Balaban J connectivity index is 3.09. The topological polar surface area (TPSA) is 29.5 Å². The first kappa shape index (κ1) is 10.4. The SMILES string of the molecule is COc1cc(C)c(Cl)c(CCO)c1. The van der Waals surface area contributed by atoms with Crippen LogP contribution in [0.2, 0.25) is 5.02 Å². The molecule has 0 aromatic heterocycles. The van der Waals surface area contributed by atoms with Gasteiger partial charge in [0.25, 0.3) is 0 Å². The molecule has 0 aliphatic carbocycles. The molecule has 0 atom stereocenters. The van der Waals surface area contributed by atoms with Gasteiger partial charge in [-0.1, -0.05) is 11.6 Å². The van der Waals surface area contributed by atoms with Gasteiger partial charge in [-0.25, -0.2) is 0 Å². The third kappa shape index (κ3) is 2.36. The predicted octanol–water partition coefficient (Wildman–Crippen LogP) is 2.19. The lowest BCUT2D eigenvalue weighted by molar-refractivity contribution is 0.299. The van der Waals surface area contributed by atoms with Gasteiger partial charge < -0.3 is 9.84 Å². The Morgan fingerprint density at radius 2 is 2.15 bits per heavy atom. The van der Waals surface area contributed by atoms with Crippen LogP contribution in [0.4, 0.5) is 0 Å². The van der Waals surface area contributed by atoms with E-state index in [2.05, 4.69) is 0 Å². The fourth-order valence-electron chi connectivity index (χ4n) is 1.23. The molecule has 0 aliphatic heterocycles. The summed E-state index contributed by atoms with van der Waals surface area (Å²) in [6.45, 7) is 2.03. The molecule has 0 amide bonds. The normalized spacial score (nSPS) is 10.2. The van der Waals surface area contributed by atoms with Crippen molar-refractivity contribution < 1.29 is 9.84 Å². The van der Waals surface area contributed by atoms with E-state index in [9.17, 15) is 0 Å². The van der Waals surface area contributed by atoms with Gasteiger partial charge in [-0.15, -0.1) is 0 Å². The minimum absolute atomic E-state index is 0.103. The lowest BCUT2D eigenvalue weighted by Gasteiger charge is -2.08. The van der Waals surface area contributed by atoms with Gasteiger partial charge in [0.15, 0.2) is 0 Å². The summed E-state index contributed by atoms with van der Waals surface area (Å²) in [6, 6.07) is 3.73. The zero-order valence-corrected chi connectivity index (χ0v) is 8.56. The Morgan fingerprint density at radius 1 is 1.46 bits per heavy atom. The Labute approximate surface area is 83.1 Å². The Kier molecular flexibility index (Phi) is 3.58. The summed E-state index contributed by atoms with van der Waals surface area (Å²) in [5, 5.41) is 9.52. The van der Waals surface area contributed by atoms with E-state index in [4.69, 9.17) is 21.4 Å². The van der Waals surface area contributed by atoms with E-state index in [1.54, 1.807) is 7.11 Å². The first-order valence-corrected chi connectivity index (χ1v) is 4.50. The summed E-state index contributed by atoms with van der Waals surface area (Å²) in [4.78, 5) is 0. The Hall–Kier alpha value is -0.730. The van der Waals surface area contributed by atoms with Crippen LogP contribution < -0.4 is 4.74 Å². The number of rotatable bonds is 3. The molecule has 0 heterocycles. The van der Waals surface area contributed by atoms with Crippen molar-refractivity contribution in [3.05, 3.63) is 28.3 Å². The number of aryl methyl sites for hydroxylation is 1. The number of ether oxygens (including phenoxy) is 1. The molecule has 1 aromatic carbocycles. The minimum Gasteiger partial charge on any atom is -0.497 e. The second kappa shape index (κ2) is 4.49. The summed E-state index contributed by atoms with van der Waals surface area (Å²) in [5.41, 5.74) is 1.91. The van der Waals surface area contributed by atoms with E-state index >= 15 is 0 Å². The average Bonchev–Trinajstić information content (AvgIpc) is 2.13. The van der Waals surface area contributed by atoms with Crippen LogP contribution in [0.3, 0.4) is 0 Å². The third-order valence-electron chi connectivity index (χ3n) is 1.92. The third-order valence-corrected chi connectivity index (χ3v) is 2.46. The maximum atomic E-state index is 8.80. The fourth-order valence-corrected chi connectivity index (χ4v) is 1.43. The van der Waals surface area contributed by atoms with Gasteiger partial charge in [0.2, 0.25) is 0 Å². The molecule has 1 N–H and O–H groups in total. The Bertz CT molecular complexity index is 297. The van der Waals surface area contributed by atoms with E-state index in [1.165, 1.54) is 0 Å². The van der Waals surface area contributed by atoms with Crippen molar-refractivity contribution in [1.29, 1.82) is 0 Å². The number of halogens is 1. The van der Waals surface area contributed by atoms with Crippen molar-refractivity contribution in [2.24, 2.45) is 0 Å². The van der Waals surface area contributed by atoms with Crippen LogP contribution >= 0.6 is 11.6 Å². The van der Waals surface area contributed by atoms with Crippen molar-refractivity contribution in [3.8, 4) is 5.75 Å². The second-order valence-electron chi connectivity index (χ2n) is 2.89. The van der Waals surface area contributed by atoms with Crippen molar-refractivity contribution in [2.45, 2.75) is 13.3 Å². The van der Waals surface area contributed by atoms with Gasteiger partial charge in [-0.2, -0.15) is 0 Å². The fraction of sp³-hybridized carbons (Fsp3) is 0.400. The van der Waals surface area contributed by atoms with Gasteiger partial charge in [0, 0.05) is 11.6 Å². The number of aliphatic hydroxyl groups excluding tert-OH is 1. The number of hydrogen-bond acceptors (Lipinski definition) is 2. The van der Waals surface area contributed by atoms with E-state index in [1.807, 2.05) is 19.1 Å². The predicted molar refractivity (Wildman–Crippen MR) is 53.5 cm³/mol. The van der Waals surface area contributed by atoms with Crippen LogP contribution in [0.5, 0.6) is 5.75 Å². The van der Waals surface area contributed by atoms with Crippen LogP contribution in [0.25, 0.3) is 0 Å². The standard InChI is InChI=1S/C10H13ClO2/c1-7-5-9(13-2)6-8(3-4-12)10(7)11/h5-6,12H,3-4H2,1-2H3. The lowest BCUT2D eigenvalue weighted by Crippen LogP contribution is -1.95. The maximum Gasteiger partial charge on any atom is 0.119 e. The highest BCUT2D eigenvalue weighted by atomic mass is 35.5. The van der Waals surface area contributed by atoms with Crippen molar-refractivity contribution >= 4 is 11.6 Å². The number of benzene rings is 1. The molecule has 0 saturated carbocycles. The van der Waals surface area contributed by atoms with Crippen LogP contribution in [-0.2, 0) is 6.42 Å². The molecule has 0 bridgehead atoms. The van der Waals surface area contributed by atoms with Gasteiger partial charge in [0.1, 0.15) is 5.75 Å². The van der Waals surface area contributed by atoms with E-state index in [0.29, 0.717) is 6.42 Å². The molecule has 2 nitrogen and oxygen atoms in total. The van der Waals surface area contributed by atoms with E-state index in [0.717, 1.165) is 21.9 Å². The average molecular weight is 201 g/mol. The monoisotopic (exact) mass is 200 g/mol. The quantitative estimate of drug-likeness (QED) is 0.811. The van der Waals surface area contributed by atoms with Crippen molar-refractivity contribution in [2.75, 3.05) is 13.7 Å². The van der Waals surface area contributed by atoms with Gasteiger partial charge in [-0.05, 0) is 36.6 Å². The first-order chi connectivity index (χ1) is 6.19. The van der Waals surface area contributed by atoms with Gasteiger partial charge in [0.05, 0.1) is 7.11 Å². The van der Waals surface area contributed by atoms with Crippen LogP contribution in [0.15, 0.2) is 12.1 Å². The summed E-state index contributed by atoms with van der Waals surface area (Å²) < 4.78 is 5.10. The van der Waals surface area contributed by atoms with Crippen molar-refractivity contribution in [1.82, 2.24) is 0 Å². The molecule has 1 rings (SSSR count). The summed E-state index contributed by atoms with van der Waals surface area (Å²) >= 11 is 6.03. The summed E-state index contributed by atoms with van der Waals surface area (Å²) in [7, 11) is 1.62. The molecular weight excluding hydrogens is 188 g/mol. The molecule has 1 aromatic rings. The highest BCUT2D eigenvalue weighted by Gasteiger charge is 2.05. The number of hydrogen-bond donors (Lipinski definition) is 1. The molecule has 0 spiro atoms. The molecule has 0 unspecified atom stereocenters. The zero-order chi connectivity index (χ0) is 9.84. The number of methoxy groups -OCH3 is 1. The Morgan fingerprint density at radius 3 is 2.69 bits per heavy atom. The van der Waals surface area contributed by atoms with E-state index in [-0.39, 0.29) is 6.61 Å². The largest absolute Gasteiger partial charge is 0.497 e. The molecular formula is C10H13ClO2. The van der Waals surface area contributed by atoms with Crippen LogP contribution in [-0.4, -0.2) is 18.8 Å². The van der Waals surface area contributed by atoms with E-state index < -0.39 is 0 Å². The molecule has 3 heteroatoms. The lowest BCUT2D eigenvalue weighted by atomic mass is 10.1. The molecule has 13 heavy (non-hydrogen) atoms. The highest BCUT2D eigenvalue weighted by Crippen LogP contribution is 2.26. The molecule has 72 valence electrons. The smallest absolute Gasteiger partial charge is 0.119 e. The summed E-state index contributed by atoms with van der Waals surface area (Å²) in [6.07, 6.45) is 0.566. The van der Waals surface area contributed by atoms with Gasteiger partial charge >= 0.3 is 0 Å². The molecule has 0 saturated heterocycles.